The number of rotatable bonds is 5. The summed E-state index contributed by atoms with van der Waals surface area (Å²) in [6.45, 7) is 1.94. The summed E-state index contributed by atoms with van der Waals surface area (Å²) in [6.07, 6.45) is 1.06. The minimum atomic E-state index is -3.43. The molecule has 0 aliphatic heterocycles. The van der Waals surface area contributed by atoms with Gasteiger partial charge in [-0.1, -0.05) is 30.3 Å². The van der Waals surface area contributed by atoms with Gasteiger partial charge >= 0.3 is 5.97 Å². The molecule has 0 amide bonds. The van der Waals surface area contributed by atoms with Crippen molar-refractivity contribution in [2.75, 3.05) is 17.6 Å². The number of carbonyl (C=O) groups is 1. The van der Waals surface area contributed by atoms with E-state index in [9.17, 15) is 13.2 Å². The maximum absolute atomic E-state index is 12.5. The average Bonchev–Trinajstić information content (AvgIpc) is 2.93. The number of nitrogens with one attached hydrogen (secondary N) is 1. The lowest BCUT2D eigenvalue weighted by molar-refractivity contribution is 0.0528. The summed E-state index contributed by atoms with van der Waals surface area (Å²) < 4.78 is 36.3. The van der Waals surface area contributed by atoms with Gasteiger partial charge in [-0.15, -0.1) is 0 Å². The molecule has 1 N–H and O–H groups in total. The van der Waals surface area contributed by atoms with Crippen molar-refractivity contribution in [2.24, 2.45) is 0 Å². The Kier molecular flexibility index (Phi) is 4.50. The van der Waals surface area contributed by atoms with E-state index in [4.69, 9.17) is 9.15 Å². The van der Waals surface area contributed by atoms with Crippen molar-refractivity contribution in [1.29, 1.82) is 0 Å². The summed E-state index contributed by atoms with van der Waals surface area (Å²) in [5.74, 6) is -0.123. The summed E-state index contributed by atoms with van der Waals surface area (Å²) >= 11 is 0. The molecule has 0 bridgehead atoms. The summed E-state index contributed by atoms with van der Waals surface area (Å²) in [5, 5.41) is 0.492. The van der Waals surface area contributed by atoms with E-state index in [0.29, 0.717) is 22.4 Å². The second-order valence-electron chi connectivity index (χ2n) is 5.48. The molecule has 0 unspecified atom stereocenters. The molecule has 3 aromatic rings. The summed E-state index contributed by atoms with van der Waals surface area (Å²) in [4.78, 5) is 12.5. The molecular weight excluding hydrogens is 342 g/mol. The second-order valence-corrected chi connectivity index (χ2v) is 7.23. The SMILES string of the molecule is CCOC(=O)c1c(-c2ccccc2)oc2ccc(NS(C)(=O)=O)cc12. The minimum absolute atomic E-state index is 0.223. The van der Waals surface area contributed by atoms with Gasteiger partial charge in [0.15, 0.2) is 0 Å². The molecule has 130 valence electrons. The van der Waals surface area contributed by atoms with Crippen LogP contribution in [0.2, 0.25) is 0 Å². The summed E-state index contributed by atoms with van der Waals surface area (Å²) in [6, 6.07) is 14.0. The van der Waals surface area contributed by atoms with E-state index in [1.807, 2.05) is 30.3 Å². The average molecular weight is 359 g/mol. The van der Waals surface area contributed by atoms with Crippen molar-refractivity contribution in [2.45, 2.75) is 6.92 Å². The number of benzene rings is 2. The Labute approximate surface area is 145 Å². The number of sulfonamides is 1. The van der Waals surface area contributed by atoms with Crippen molar-refractivity contribution in [3.05, 3.63) is 54.1 Å². The Morgan fingerprint density at radius 1 is 1.16 bits per heavy atom. The van der Waals surface area contributed by atoms with Gasteiger partial charge in [0.05, 0.1) is 12.9 Å². The fourth-order valence-corrected chi connectivity index (χ4v) is 3.13. The predicted molar refractivity (Wildman–Crippen MR) is 96.1 cm³/mol. The van der Waals surface area contributed by atoms with Crippen molar-refractivity contribution >= 4 is 32.6 Å². The van der Waals surface area contributed by atoms with E-state index >= 15 is 0 Å². The monoisotopic (exact) mass is 359 g/mol. The second kappa shape index (κ2) is 6.60. The highest BCUT2D eigenvalue weighted by Gasteiger charge is 2.23. The molecule has 0 aliphatic carbocycles. The fourth-order valence-electron chi connectivity index (χ4n) is 2.57. The van der Waals surface area contributed by atoms with Gasteiger partial charge in [0.25, 0.3) is 0 Å². The first-order chi connectivity index (χ1) is 11.9. The van der Waals surface area contributed by atoms with E-state index in [1.165, 1.54) is 0 Å². The van der Waals surface area contributed by atoms with E-state index in [-0.39, 0.29) is 12.2 Å². The molecule has 7 heteroatoms. The van der Waals surface area contributed by atoms with E-state index in [1.54, 1.807) is 25.1 Å². The third kappa shape index (κ3) is 3.66. The van der Waals surface area contributed by atoms with Gasteiger partial charge < -0.3 is 9.15 Å². The van der Waals surface area contributed by atoms with Crippen LogP contribution in [0.25, 0.3) is 22.3 Å². The van der Waals surface area contributed by atoms with Crippen LogP contribution >= 0.6 is 0 Å². The molecule has 1 heterocycles. The smallest absolute Gasteiger partial charge is 0.342 e. The van der Waals surface area contributed by atoms with Crippen LogP contribution in [0.5, 0.6) is 0 Å². The zero-order valence-corrected chi connectivity index (χ0v) is 14.6. The molecule has 0 saturated heterocycles. The Bertz CT molecular complexity index is 1020. The van der Waals surface area contributed by atoms with E-state index < -0.39 is 16.0 Å². The lowest BCUT2D eigenvalue weighted by Crippen LogP contribution is -2.09. The van der Waals surface area contributed by atoms with Crippen LogP contribution in [-0.4, -0.2) is 27.2 Å². The third-order valence-corrected chi connectivity index (χ3v) is 4.11. The summed E-state index contributed by atoms with van der Waals surface area (Å²) in [7, 11) is -3.43. The number of furan rings is 1. The molecule has 6 nitrogen and oxygen atoms in total. The number of hydrogen-bond donors (Lipinski definition) is 1. The quantitative estimate of drug-likeness (QED) is 0.703. The molecule has 0 atom stereocenters. The lowest BCUT2D eigenvalue weighted by atomic mass is 10.1. The van der Waals surface area contributed by atoms with E-state index in [2.05, 4.69) is 4.72 Å². The number of esters is 1. The first-order valence-electron chi connectivity index (χ1n) is 7.66. The highest BCUT2D eigenvalue weighted by atomic mass is 32.2. The number of fused-ring (bicyclic) bond motifs is 1. The maximum atomic E-state index is 12.5. The molecular formula is C18H17NO5S. The standard InChI is InChI=1S/C18H17NO5S/c1-3-23-18(20)16-14-11-13(19-25(2,21)22)9-10-15(14)24-17(16)12-7-5-4-6-8-12/h4-11,19H,3H2,1-2H3. The zero-order valence-electron chi connectivity index (χ0n) is 13.8. The van der Waals surface area contributed by atoms with Crippen molar-refractivity contribution in [3.8, 4) is 11.3 Å². The highest BCUT2D eigenvalue weighted by Crippen LogP contribution is 2.35. The van der Waals surface area contributed by atoms with Gasteiger partial charge in [-0.2, -0.15) is 0 Å². The van der Waals surface area contributed by atoms with Crippen LogP contribution in [0.3, 0.4) is 0 Å². The van der Waals surface area contributed by atoms with Crippen LogP contribution < -0.4 is 4.72 Å². The van der Waals surface area contributed by atoms with Gasteiger partial charge in [-0.3, -0.25) is 4.72 Å². The maximum Gasteiger partial charge on any atom is 0.342 e. The first-order valence-corrected chi connectivity index (χ1v) is 9.55. The molecule has 1 aromatic heterocycles. The fraction of sp³-hybridized carbons (Fsp3) is 0.167. The zero-order chi connectivity index (χ0) is 18.0. The van der Waals surface area contributed by atoms with Crippen LogP contribution in [0.4, 0.5) is 5.69 Å². The van der Waals surface area contributed by atoms with Crippen LogP contribution in [0.15, 0.2) is 52.9 Å². The molecule has 0 aliphatic rings. The third-order valence-electron chi connectivity index (χ3n) is 3.51. The van der Waals surface area contributed by atoms with Gasteiger partial charge in [0.1, 0.15) is 16.9 Å². The van der Waals surface area contributed by atoms with Crippen molar-refractivity contribution < 1.29 is 22.4 Å². The molecule has 0 radical (unpaired) electrons. The minimum Gasteiger partial charge on any atom is -0.462 e. The van der Waals surface area contributed by atoms with Gasteiger partial charge in [-0.25, -0.2) is 13.2 Å². The number of carbonyl (C=O) groups excluding carboxylic acids is 1. The van der Waals surface area contributed by atoms with Gasteiger partial charge in [0.2, 0.25) is 10.0 Å². The Balaban J connectivity index is 2.22. The molecule has 0 fully saturated rings. The first kappa shape index (κ1) is 17.0. The van der Waals surface area contributed by atoms with Crippen LogP contribution in [0.1, 0.15) is 17.3 Å². The molecule has 25 heavy (non-hydrogen) atoms. The van der Waals surface area contributed by atoms with Gasteiger partial charge in [-0.05, 0) is 25.1 Å². The van der Waals surface area contributed by atoms with Gasteiger partial charge in [0, 0.05) is 16.6 Å². The molecule has 0 spiro atoms. The van der Waals surface area contributed by atoms with Crippen LogP contribution in [-0.2, 0) is 14.8 Å². The number of hydrogen-bond acceptors (Lipinski definition) is 5. The van der Waals surface area contributed by atoms with E-state index in [0.717, 1.165) is 11.8 Å². The highest BCUT2D eigenvalue weighted by molar-refractivity contribution is 7.92. The molecule has 2 aromatic carbocycles. The molecule has 0 saturated carbocycles. The number of anilines is 1. The Hall–Kier alpha value is -2.80. The van der Waals surface area contributed by atoms with Crippen molar-refractivity contribution in [1.82, 2.24) is 0 Å². The topological polar surface area (TPSA) is 85.6 Å². The predicted octanol–water partition coefficient (Wildman–Crippen LogP) is 3.65. The number of ether oxygens (including phenoxy) is 1. The van der Waals surface area contributed by atoms with Crippen molar-refractivity contribution in [3.63, 3.8) is 0 Å². The Morgan fingerprint density at radius 3 is 2.52 bits per heavy atom. The Morgan fingerprint density at radius 2 is 1.88 bits per heavy atom. The molecule has 3 rings (SSSR count). The lowest BCUT2D eigenvalue weighted by Gasteiger charge is -2.05. The normalized spacial score (nSPS) is 11.4. The van der Waals surface area contributed by atoms with Crippen LogP contribution in [0, 0.1) is 0 Å². The summed E-state index contributed by atoms with van der Waals surface area (Å²) in [5.41, 5.74) is 1.83. The largest absolute Gasteiger partial charge is 0.462 e.